The summed E-state index contributed by atoms with van der Waals surface area (Å²) >= 11 is 0. The second-order valence-electron chi connectivity index (χ2n) is 6.73. The van der Waals surface area contributed by atoms with Crippen LogP contribution in [0.5, 0.6) is 5.75 Å². The topological polar surface area (TPSA) is 75.4 Å². The third-order valence-electron chi connectivity index (χ3n) is 4.91. The Labute approximate surface area is 159 Å². The van der Waals surface area contributed by atoms with E-state index in [1.165, 1.54) is 0 Å². The summed E-state index contributed by atoms with van der Waals surface area (Å²) in [5.74, 6) is 0.696. The zero-order valence-electron chi connectivity index (χ0n) is 16.2. The number of likely N-dealkylation sites (N-methyl/N-ethyl adjacent to an activating group) is 1. The van der Waals surface area contributed by atoms with Crippen molar-refractivity contribution >= 4 is 16.9 Å². The fraction of sp³-hybridized carbons (Fsp3) is 0.550. The number of nitrogens with zero attached hydrogens (tertiary/aromatic N) is 2. The largest absolute Gasteiger partial charge is 0.484 e. The highest BCUT2D eigenvalue weighted by Gasteiger charge is 2.24. The molecule has 0 saturated carbocycles. The first kappa shape index (κ1) is 19.7. The molecule has 1 N–H and O–H groups in total. The van der Waals surface area contributed by atoms with Gasteiger partial charge in [0.05, 0.1) is 18.6 Å². The number of morpholine rings is 1. The lowest BCUT2D eigenvalue weighted by Gasteiger charge is -2.29. The van der Waals surface area contributed by atoms with Crippen LogP contribution in [0.3, 0.4) is 0 Å². The number of anilines is 1. The minimum atomic E-state index is -0.562. The van der Waals surface area contributed by atoms with Crippen LogP contribution >= 0.6 is 0 Å². The molecule has 1 unspecified atom stereocenters. The number of aliphatic hydroxyl groups is 1. The summed E-state index contributed by atoms with van der Waals surface area (Å²) in [6.45, 7) is 9.58. The quantitative estimate of drug-likeness (QED) is 0.741. The lowest BCUT2D eigenvalue weighted by molar-refractivity contribution is 0.0144. The molecule has 2 aromatic rings. The molecule has 2 heterocycles. The van der Waals surface area contributed by atoms with Crippen LogP contribution in [0.15, 0.2) is 27.4 Å². The van der Waals surface area contributed by atoms with Crippen LogP contribution in [-0.2, 0) is 4.74 Å². The van der Waals surface area contributed by atoms with Gasteiger partial charge in [0, 0.05) is 19.6 Å². The Kier molecular flexibility index (Phi) is 6.36. The first-order valence-corrected chi connectivity index (χ1v) is 9.47. The van der Waals surface area contributed by atoms with Crippen LogP contribution in [0, 0.1) is 6.92 Å². The monoisotopic (exact) mass is 376 g/mol. The zero-order valence-corrected chi connectivity index (χ0v) is 16.2. The van der Waals surface area contributed by atoms with E-state index in [0.717, 1.165) is 5.56 Å². The van der Waals surface area contributed by atoms with Crippen molar-refractivity contribution in [3.05, 3.63) is 34.0 Å². The second kappa shape index (κ2) is 8.73. The van der Waals surface area contributed by atoms with Crippen molar-refractivity contribution in [3.63, 3.8) is 0 Å². The van der Waals surface area contributed by atoms with Gasteiger partial charge in [-0.05, 0) is 32.0 Å². The van der Waals surface area contributed by atoms with Crippen LogP contribution in [0.4, 0.5) is 5.88 Å². The summed E-state index contributed by atoms with van der Waals surface area (Å²) < 4.78 is 17.5. The summed E-state index contributed by atoms with van der Waals surface area (Å²) in [7, 11) is 0. The van der Waals surface area contributed by atoms with E-state index in [9.17, 15) is 9.90 Å². The van der Waals surface area contributed by atoms with Gasteiger partial charge >= 0.3 is 0 Å². The molecule has 0 spiro atoms. The molecular formula is C20H28N2O5. The number of hydrogen-bond donors (Lipinski definition) is 1. The van der Waals surface area contributed by atoms with Gasteiger partial charge in [0.2, 0.25) is 17.1 Å². The number of aliphatic hydroxyl groups excluding tert-OH is 1. The predicted molar refractivity (Wildman–Crippen MR) is 105 cm³/mol. The smallest absolute Gasteiger partial charge is 0.243 e. The van der Waals surface area contributed by atoms with Gasteiger partial charge in [0.25, 0.3) is 0 Å². The van der Waals surface area contributed by atoms with E-state index < -0.39 is 6.23 Å². The van der Waals surface area contributed by atoms with E-state index in [-0.39, 0.29) is 17.8 Å². The highest BCUT2D eigenvalue weighted by molar-refractivity contribution is 5.83. The second-order valence-corrected chi connectivity index (χ2v) is 6.73. The maximum atomic E-state index is 13.1. The van der Waals surface area contributed by atoms with E-state index in [1.54, 1.807) is 13.0 Å². The molecule has 0 aliphatic carbocycles. The van der Waals surface area contributed by atoms with E-state index >= 15 is 0 Å². The van der Waals surface area contributed by atoms with Crippen LogP contribution < -0.4 is 15.1 Å². The van der Waals surface area contributed by atoms with Gasteiger partial charge in [0.15, 0.2) is 0 Å². The summed E-state index contributed by atoms with van der Waals surface area (Å²) in [6, 6.07) is 5.54. The summed E-state index contributed by atoms with van der Waals surface area (Å²) in [5, 5.41) is 10.3. The molecule has 7 nitrogen and oxygen atoms in total. The minimum absolute atomic E-state index is 0.165. The van der Waals surface area contributed by atoms with Crippen LogP contribution in [0.1, 0.15) is 19.4 Å². The highest BCUT2D eigenvalue weighted by Crippen LogP contribution is 2.31. The summed E-state index contributed by atoms with van der Waals surface area (Å²) in [4.78, 5) is 17.0. The fourth-order valence-corrected chi connectivity index (χ4v) is 3.31. The van der Waals surface area contributed by atoms with Crippen LogP contribution in [0.25, 0.3) is 11.0 Å². The molecule has 1 atom stereocenters. The molecule has 7 heteroatoms. The van der Waals surface area contributed by atoms with Gasteiger partial charge in [-0.3, -0.25) is 9.69 Å². The molecule has 0 radical (unpaired) electrons. The molecule has 1 aromatic carbocycles. The number of hydrogen-bond acceptors (Lipinski definition) is 7. The van der Waals surface area contributed by atoms with Crippen molar-refractivity contribution < 1.29 is 19.0 Å². The molecule has 148 valence electrons. The minimum Gasteiger partial charge on any atom is -0.484 e. The van der Waals surface area contributed by atoms with Crippen molar-refractivity contribution in [2.75, 3.05) is 50.9 Å². The van der Waals surface area contributed by atoms with Gasteiger partial charge in [-0.2, -0.15) is 0 Å². The van der Waals surface area contributed by atoms with Crippen molar-refractivity contribution in [2.45, 2.75) is 27.0 Å². The Morgan fingerprint density at radius 2 is 2.07 bits per heavy atom. The normalized spacial score (nSPS) is 16.1. The van der Waals surface area contributed by atoms with E-state index in [0.29, 0.717) is 56.2 Å². The Morgan fingerprint density at radius 3 is 2.74 bits per heavy atom. The Hall–Kier alpha value is -2.09. The van der Waals surface area contributed by atoms with Crippen LogP contribution in [-0.4, -0.2) is 62.2 Å². The Bertz CT molecular complexity index is 827. The van der Waals surface area contributed by atoms with Gasteiger partial charge in [0.1, 0.15) is 18.4 Å². The van der Waals surface area contributed by atoms with Gasteiger partial charge < -0.3 is 23.9 Å². The lowest BCUT2D eigenvalue weighted by atomic mass is 10.1. The van der Waals surface area contributed by atoms with Crippen molar-refractivity contribution in [3.8, 4) is 5.75 Å². The number of rotatable bonds is 7. The third kappa shape index (κ3) is 4.26. The molecular weight excluding hydrogens is 348 g/mol. The van der Waals surface area contributed by atoms with E-state index in [2.05, 4.69) is 0 Å². The zero-order chi connectivity index (χ0) is 19.4. The van der Waals surface area contributed by atoms with Crippen molar-refractivity contribution in [1.29, 1.82) is 0 Å². The molecule has 27 heavy (non-hydrogen) atoms. The molecule has 1 saturated heterocycles. The SMILES string of the molecule is CCN(CCOc1c(N2CCOCC2)oc2c(C)cccc2c1=O)C(C)O. The standard InChI is InChI=1S/C20H28N2O5/c1-4-21(15(3)23)10-13-26-19-17(24)16-7-5-6-14(2)18(16)27-20(19)22-8-11-25-12-9-22/h5-7,15,23H,4,8-13H2,1-3H3. The molecule has 0 bridgehead atoms. The maximum absolute atomic E-state index is 13.1. The van der Waals surface area contributed by atoms with Gasteiger partial charge in [-0.1, -0.05) is 19.1 Å². The van der Waals surface area contributed by atoms with Gasteiger partial charge in [-0.25, -0.2) is 0 Å². The average molecular weight is 376 g/mol. The highest BCUT2D eigenvalue weighted by atomic mass is 16.5. The van der Waals surface area contributed by atoms with Crippen LogP contribution in [0.2, 0.25) is 0 Å². The lowest BCUT2D eigenvalue weighted by Crippen LogP contribution is -2.38. The van der Waals surface area contributed by atoms with Crippen molar-refractivity contribution in [1.82, 2.24) is 4.90 Å². The molecule has 3 rings (SSSR count). The third-order valence-corrected chi connectivity index (χ3v) is 4.91. The number of ether oxygens (including phenoxy) is 2. The van der Waals surface area contributed by atoms with E-state index in [1.807, 2.05) is 35.8 Å². The first-order chi connectivity index (χ1) is 13.0. The summed E-state index contributed by atoms with van der Waals surface area (Å²) in [6.07, 6.45) is -0.562. The van der Waals surface area contributed by atoms with Gasteiger partial charge in [-0.15, -0.1) is 0 Å². The number of para-hydroxylation sites is 1. The number of aryl methyl sites for hydroxylation is 1. The molecule has 1 fully saturated rings. The fourth-order valence-electron chi connectivity index (χ4n) is 3.31. The molecule has 1 aliphatic rings. The molecule has 1 aromatic heterocycles. The first-order valence-electron chi connectivity index (χ1n) is 9.47. The maximum Gasteiger partial charge on any atom is 0.243 e. The van der Waals surface area contributed by atoms with Crippen molar-refractivity contribution in [2.24, 2.45) is 0 Å². The Balaban J connectivity index is 1.95. The predicted octanol–water partition coefficient (Wildman–Crippen LogP) is 1.98. The molecule has 0 amide bonds. The number of benzene rings is 1. The van der Waals surface area contributed by atoms with E-state index in [4.69, 9.17) is 13.9 Å². The Morgan fingerprint density at radius 1 is 1.33 bits per heavy atom. The average Bonchev–Trinajstić information content (AvgIpc) is 2.67. The molecule has 1 aliphatic heterocycles. The summed E-state index contributed by atoms with van der Waals surface area (Å²) in [5.41, 5.74) is 1.34. The number of fused-ring (bicyclic) bond motifs is 1.